The number of thiazole rings is 1. The number of amides is 2. The first-order valence-corrected chi connectivity index (χ1v) is 10.9. The molecule has 1 aliphatic rings. The Morgan fingerprint density at radius 1 is 1.16 bits per heavy atom. The van der Waals surface area contributed by atoms with E-state index in [1.807, 2.05) is 0 Å². The molecule has 2 aromatic heterocycles. The number of anilines is 2. The van der Waals surface area contributed by atoms with Gasteiger partial charge in [0.1, 0.15) is 10.7 Å². The lowest BCUT2D eigenvalue weighted by atomic mass is 10.3. The second kappa shape index (κ2) is 9.14. The molecule has 0 spiro atoms. The molecule has 3 aromatic rings. The van der Waals surface area contributed by atoms with Crippen molar-refractivity contribution >= 4 is 51.5 Å². The molecule has 1 aromatic carbocycles. The van der Waals surface area contributed by atoms with Crippen molar-refractivity contribution in [2.45, 2.75) is 11.9 Å². The number of benzene rings is 1. The molecule has 0 radical (unpaired) electrons. The first-order valence-electron chi connectivity index (χ1n) is 9.05. The number of pyridine rings is 1. The highest BCUT2D eigenvalue weighted by Crippen LogP contribution is 2.34. The molecular weight excluding hydrogens is 440 g/mol. The first-order chi connectivity index (χ1) is 15.0. The maximum Gasteiger partial charge on any atom is 0.260 e. The van der Waals surface area contributed by atoms with Crippen LogP contribution in [0.15, 0.2) is 46.9 Å². The molecular formula is C20H16N4O5S2. The van der Waals surface area contributed by atoms with Crippen LogP contribution in [0.5, 0.6) is 11.5 Å². The highest BCUT2D eigenvalue weighted by molar-refractivity contribution is 8.00. The Morgan fingerprint density at radius 3 is 2.81 bits per heavy atom. The molecule has 3 heterocycles. The number of carbonyl (C=O) groups excluding carboxylic acids is 3. The van der Waals surface area contributed by atoms with Gasteiger partial charge >= 0.3 is 0 Å². The summed E-state index contributed by atoms with van der Waals surface area (Å²) >= 11 is 2.30. The van der Waals surface area contributed by atoms with Gasteiger partial charge in [0.25, 0.3) is 5.91 Å². The monoisotopic (exact) mass is 456 g/mol. The van der Waals surface area contributed by atoms with Crippen molar-refractivity contribution in [3.05, 3.63) is 53.2 Å². The fourth-order valence-corrected chi connectivity index (χ4v) is 4.18. The van der Waals surface area contributed by atoms with Gasteiger partial charge in [0.05, 0.1) is 11.3 Å². The molecule has 0 aliphatic carbocycles. The quantitative estimate of drug-likeness (QED) is 0.410. The van der Waals surface area contributed by atoms with E-state index in [0.29, 0.717) is 38.6 Å². The number of rotatable bonds is 7. The van der Waals surface area contributed by atoms with Gasteiger partial charge in [-0.3, -0.25) is 19.7 Å². The van der Waals surface area contributed by atoms with Crippen LogP contribution in [0.1, 0.15) is 27.8 Å². The average Bonchev–Trinajstić information content (AvgIpc) is 3.41. The van der Waals surface area contributed by atoms with Crippen LogP contribution in [-0.4, -0.2) is 40.1 Å². The zero-order chi connectivity index (χ0) is 21.8. The number of nitrogens with zero attached hydrogens (tertiary/aromatic N) is 2. The normalized spacial score (nSPS) is 11.8. The van der Waals surface area contributed by atoms with Crippen LogP contribution in [0.2, 0.25) is 0 Å². The summed E-state index contributed by atoms with van der Waals surface area (Å²) in [6.07, 6.45) is 1.55. The van der Waals surface area contributed by atoms with E-state index >= 15 is 0 Å². The third-order valence-electron chi connectivity index (χ3n) is 4.10. The highest BCUT2D eigenvalue weighted by Gasteiger charge is 2.17. The number of hydrogen-bond acceptors (Lipinski definition) is 9. The lowest BCUT2D eigenvalue weighted by molar-refractivity contribution is -0.113. The molecule has 11 heteroatoms. The predicted molar refractivity (Wildman–Crippen MR) is 116 cm³/mol. The van der Waals surface area contributed by atoms with Gasteiger partial charge in [-0.05, 0) is 24.3 Å². The number of Topliss-reactive ketones (excluding diaryl/α,β-unsaturated/α-hetero) is 1. The molecule has 0 fully saturated rings. The Bertz CT molecular complexity index is 1160. The van der Waals surface area contributed by atoms with Crippen molar-refractivity contribution in [1.29, 1.82) is 0 Å². The fraction of sp³-hybridized carbons (Fsp3) is 0.150. The molecule has 31 heavy (non-hydrogen) atoms. The second-order valence-electron chi connectivity index (χ2n) is 6.31. The minimum Gasteiger partial charge on any atom is -0.454 e. The van der Waals surface area contributed by atoms with Gasteiger partial charge in [0.2, 0.25) is 12.7 Å². The van der Waals surface area contributed by atoms with Gasteiger partial charge in [-0.1, -0.05) is 11.8 Å². The van der Waals surface area contributed by atoms with Crippen LogP contribution >= 0.6 is 23.1 Å². The zero-order valence-corrected chi connectivity index (χ0v) is 17.8. The van der Waals surface area contributed by atoms with E-state index in [-0.39, 0.29) is 24.2 Å². The molecule has 0 unspecified atom stereocenters. The Morgan fingerprint density at radius 2 is 2.00 bits per heavy atom. The topological polar surface area (TPSA) is 120 Å². The van der Waals surface area contributed by atoms with Crippen LogP contribution in [0.3, 0.4) is 0 Å². The second-order valence-corrected chi connectivity index (χ2v) is 8.13. The van der Waals surface area contributed by atoms with Gasteiger partial charge in [-0.15, -0.1) is 11.3 Å². The highest BCUT2D eigenvalue weighted by atomic mass is 32.2. The van der Waals surface area contributed by atoms with E-state index in [1.165, 1.54) is 6.92 Å². The minimum absolute atomic E-state index is 0.0530. The number of carbonyl (C=O) groups is 3. The summed E-state index contributed by atoms with van der Waals surface area (Å²) in [4.78, 5) is 44.7. The lowest BCUT2D eigenvalue weighted by Crippen LogP contribution is -2.16. The lowest BCUT2D eigenvalue weighted by Gasteiger charge is -2.08. The third kappa shape index (κ3) is 5.01. The first kappa shape index (κ1) is 20.8. The molecule has 0 saturated heterocycles. The summed E-state index contributed by atoms with van der Waals surface area (Å²) in [5.74, 6) is 0.402. The van der Waals surface area contributed by atoms with Crippen molar-refractivity contribution < 1.29 is 23.9 Å². The molecule has 4 rings (SSSR count). The zero-order valence-electron chi connectivity index (χ0n) is 16.2. The number of ether oxygens (including phenoxy) is 2. The third-order valence-corrected chi connectivity index (χ3v) is 5.86. The fourth-order valence-electron chi connectivity index (χ4n) is 2.64. The number of ketones is 1. The summed E-state index contributed by atoms with van der Waals surface area (Å²) in [6, 6.07) is 8.38. The van der Waals surface area contributed by atoms with Crippen LogP contribution in [0.25, 0.3) is 0 Å². The summed E-state index contributed by atoms with van der Waals surface area (Å²) in [7, 11) is 0. The minimum atomic E-state index is -0.420. The van der Waals surface area contributed by atoms with Gasteiger partial charge in [-0.2, -0.15) is 0 Å². The SMILES string of the molecule is CC(=O)c1csc(NC(=O)c2cccnc2SCC(=O)Nc2ccc3c(c2)OCO3)n1. The van der Waals surface area contributed by atoms with Gasteiger partial charge in [0, 0.05) is 30.3 Å². The Kier molecular flexibility index (Phi) is 6.14. The van der Waals surface area contributed by atoms with E-state index in [0.717, 1.165) is 23.1 Å². The van der Waals surface area contributed by atoms with Gasteiger partial charge < -0.3 is 14.8 Å². The number of aromatic nitrogens is 2. The summed E-state index contributed by atoms with van der Waals surface area (Å²) in [5.41, 5.74) is 1.18. The molecule has 1 aliphatic heterocycles. The van der Waals surface area contributed by atoms with Gasteiger partial charge in [-0.25, -0.2) is 9.97 Å². The van der Waals surface area contributed by atoms with Crippen molar-refractivity contribution in [1.82, 2.24) is 9.97 Å². The van der Waals surface area contributed by atoms with Crippen molar-refractivity contribution in [3.63, 3.8) is 0 Å². The molecule has 2 N–H and O–H groups in total. The number of hydrogen-bond donors (Lipinski definition) is 2. The average molecular weight is 457 g/mol. The van der Waals surface area contributed by atoms with Crippen molar-refractivity contribution in [2.24, 2.45) is 0 Å². The molecule has 0 bridgehead atoms. The van der Waals surface area contributed by atoms with E-state index in [9.17, 15) is 14.4 Å². The van der Waals surface area contributed by atoms with E-state index < -0.39 is 5.91 Å². The largest absolute Gasteiger partial charge is 0.454 e. The Hall–Kier alpha value is -3.44. The molecule has 158 valence electrons. The van der Waals surface area contributed by atoms with E-state index in [1.54, 1.807) is 41.9 Å². The molecule has 9 nitrogen and oxygen atoms in total. The standard InChI is InChI=1S/C20H16N4O5S2/c1-11(25)14-8-31-20(23-14)24-18(27)13-3-2-6-21-19(13)30-9-17(26)22-12-4-5-15-16(7-12)29-10-28-15/h2-8H,9-10H2,1H3,(H,22,26)(H,23,24,27). The molecule has 2 amide bonds. The summed E-state index contributed by atoms with van der Waals surface area (Å²) in [5, 5.41) is 7.74. The number of fused-ring (bicyclic) bond motifs is 1. The van der Waals surface area contributed by atoms with Crippen LogP contribution in [0.4, 0.5) is 10.8 Å². The van der Waals surface area contributed by atoms with Crippen molar-refractivity contribution in [3.8, 4) is 11.5 Å². The maximum absolute atomic E-state index is 12.6. The maximum atomic E-state index is 12.6. The van der Waals surface area contributed by atoms with Crippen LogP contribution < -0.4 is 20.1 Å². The van der Waals surface area contributed by atoms with E-state index in [2.05, 4.69) is 20.6 Å². The smallest absolute Gasteiger partial charge is 0.260 e. The van der Waals surface area contributed by atoms with Crippen LogP contribution in [0, 0.1) is 0 Å². The van der Waals surface area contributed by atoms with E-state index in [4.69, 9.17) is 9.47 Å². The number of thioether (sulfide) groups is 1. The van der Waals surface area contributed by atoms with Crippen LogP contribution in [-0.2, 0) is 4.79 Å². The Balaban J connectivity index is 1.38. The van der Waals surface area contributed by atoms with Gasteiger partial charge in [0.15, 0.2) is 22.4 Å². The Labute approximate surface area is 185 Å². The summed E-state index contributed by atoms with van der Waals surface area (Å²) in [6.45, 7) is 1.56. The number of nitrogens with one attached hydrogen (secondary N) is 2. The molecule has 0 saturated carbocycles. The van der Waals surface area contributed by atoms with Crippen molar-refractivity contribution in [2.75, 3.05) is 23.2 Å². The predicted octanol–water partition coefficient (Wildman–Crippen LogP) is 3.45. The molecule has 0 atom stereocenters. The summed E-state index contributed by atoms with van der Waals surface area (Å²) < 4.78 is 10.5.